The van der Waals surface area contributed by atoms with Crippen molar-refractivity contribution in [1.29, 1.82) is 0 Å². The van der Waals surface area contributed by atoms with Crippen LogP contribution in [0.1, 0.15) is 5.56 Å². The van der Waals surface area contributed by atoms with Crippen molar-refractivity contribution >= 4 is 15.9 Å². The average molecular weight is 256 g/mol. The summed E-state index contributed by atoms with van der Waals surface area (Å²) in [7, 11) is 0. The van der Waals surface area contributed by atoms with E-state index in [2.05, 4.69) is 44.9 Å². The van der Waals surface area contributed by atoms with E-state index >= 15 is 0 Å². The third-order valence-corrected chi connectivity index (χ3v) is 2.33. The van der Waals surface area contributed by atoms with Crippen LogP contribution in [0.2, 0.25) is 0 Å². The van der Waals surface area contributed by atoms with Crippen LogP contribution in [0.3, 0.4) is 0 Å². The number of rotatable bonds is 1. The van der Waals surface area contributed by atoms with Crippen LogP contribution in [0.15, 0.2) is 48.5 Å². The summed E-state index contributed by atoms with van der Waals surface area (Å²) in [4.78, 5) is 2.70. The molecule has 0 atom stereocenters. The van der Waals surface area contributed by atoms with E-state index in [1.807, 2.05) is 36.4 Å². The Hall–Kier alpha value is -1.52. The molecule has 2 aromatic rings. The molecular formula is C14H8Br. The summed E-state index contributed by atoms with van der Waals surface area (Å²) in [5.74, 6) is 2.95. The zero-order chi connectivity index (χ0) is 10.5. The van der Waals surface area contributed by atoms with E-state index in [0.29, 0.717) is 0 Å². The second kappa shape index (κ2) is 4.82. The van der Waals surface area contributed by atoms with Crippen LogP contribution < -0.4 is 0 Å². The van der Waals surface area contributed by atoms with Crippen LogP contribution in [0, 0.1) is 16.8 Å². The Morgan fingerprint density at radius 3 is 2.07 bits per heavy atom. The molecule has 0 fully saturated rings. The fourth-order valence-corrected chi connectivity index (χ4v) is 1.61. The van der Waals surface area contributed by atoms with Gasteiger partial charge in [-0.1, -0.05) is 42.3 Å². The van der Waals surface area contributed by atoms with E-state index in [1.165, 1.54) is 11.1 Å². The predicted molar refractivity (Wildman–Crippen MR) is 66.5 cm³/mol. The fraction of sp³-hybridized carbons (Fsp3) is 0. The highest BCUT2D eigenvalue weighted by molar-refractivity contribution is 9.12. The maximum atomic E-state index is 3.08. The van der Waals surface area contributed by atoms with Gasteiger partial charge in [-0.2, -0.15) is 0 Å². The first-order valence-electron chi connectivity index (χ1n) is 4.58. The lowest BCUT2D eigenvalue weighted by atomic mass is 10.0. The molecule has 1 radical (unpaired) electrons. The van der Waals surface area contributed by atoms with Gasteiger partial charge in [0, 0.05) is 21.5 Å². The molecule has 0 aromatic heterocycles. The first kappa shape index (κ1) is 10.0. The second-order valence-corrected chi connectivity index (χ2v) is 3.48. The quantitative estimate of drug-likeness (QED) is 0.679. The van der Waals surface area contributed by atoms with Gasteiger partial charge in [-0.05, 0) is 34.2 Å². The third kappa shape index (κ3) is 2.49. The molecule has 2 aromatic carbocycles. The molecule has 0 heterocycles. The van der Waals surface area contributed by atoms with Gasteiger partial charge in [0.05, 0.1) is 0 Å². The van der Waals surface area contributed by atoms with Crippen LogP contribution in [-0.4, -0.2) is 0 Å². The van der Waals surface area contributed by atoms with Gasteiger partial charge >= 0.3 is 0 Å². The highest BCUT2D eigenvalue weighted by atomic mass is 79.9. The van der Waals surface area contributed by atoms with Crippen LogP contribution in [0.5, 0.6) is 0 Å². The van der Waals surface area contributed by atoms with E-state index < -0.39 is 0 Å². The summed E-state index contributed by atoms with van der Waals surface area (Å²) in [6.07, 6.45) is 0. The summed E-state index contributed by atoms with van der Waals surface area (Å²) in [6.45, 7) is 0. The molecule has 0 unspecified atom stereocenters. The topological polar surface area (TPSA) is 0 Å². The second-order valence-electron chi connectivity index (χ2n) is 3.09. The summed E-state index contributed by atoms with van der Waals surface area (Å²) >= 11 is 3.08. The van der Waals surface area contributed by atoms with Gasteiger partial charge in [-0.3, -0.25) is 0 Å². The van der Waals surface area contributed by atoms with Crippen molar-refractivity contribution in [3.8, 4) is 21.9 Å². The number of hydrogen-bond acceptors (Lipinski definition) is 0. The van der Waals surface area contributed by atoms with Crippen LogP contribution in [0.4, 0.5) is 0 Å². The lowest BCUT2D eigenvalue weighted by molar-refractivity contribution is 1.59. The number of hydrogen-bond donors (Lipinski definition) is 0. The molecular weight excluding hydrogens is 248 g/mol. The Balaban J connectivity index is 2.35. The zero-order valence-corrected chi connectivity index (χ0v) is 9.58. The van der Waals surface area contributed by atoms with Crippen molar-refractivity contribution < 1.29 is 0 Å². The molecule has 1 heteroatoms. The lowest BCUT2D eigenvalue weighted by Gasteiger charge is -2.00. The molecule has 15 heavy (non-hydrogen) atoms. The maximum absolute atomic E-state index is 3.08. The normalized spacial score (nSPS) is 9.13. The predicted octanol–water partition coefficient (Wildman–Crippen LogP) is 3.86. The van der Waals surface area contributed by atoms with Crippen LogP contribution in [-0.2, 0) is 0 Å². The SMILES string of the molecule is BrC#Cc1ccc(-c2cc[c]cc2)cc1. The van der Waals surface area contributed by atoms with Gasteiger partial charge in [-0.15, -0.1) is 0 Å². The largest absolute Gasteiger partial charge is 0.0545 e. The molecule has 71 valence electrons. The van der Waals surface area contributed by atoms with Crippen molar-refractivity contribution in [2.45, 2.75) is 0 Å². The van der Waals surface area contributed by atoms with E-state index in [4.69, 9.17) is 0 Å². The molecule has 0 spiro atoms. The van der Waals surface area contributed by atoms with Gasteiger partial charge < -0.3 is 0 Å². The summed E-state index contributed by atoms with van der Waals surface area (Å²) < 4.78 is 0. The molecule has 0 saturated heterocycles. The molecule has 0 nitrogen and oxygen atoms in total. The van der Waals surface area contributed by atoms with Crippen molar-refractivity contribution in [1.82, 2.24) is 0 Å². The van der Waals surface area contributed by atoms with E-state index in [9.17, 15) is 0 Å². The minimum atomic E-state index is 1.01. The Labute approximate surface area is 98.1 Å². The molecule has 0 amide bonds. The average Bonchev–Trinajstić information content (AvgIpc) is 2.32. The minimum Gasteiger partial charge on any atom is -0.0545 e. The van der Waals surface area contributed by atoms with E-state index in [1.54, 1.807) is 0 Å². The van der Waals surface area contributed by atoms with E-state index in [0.717, 1.165) is 5.56 Å². The van der Waals surface area contributed by atoms with Crippen molar-refractivity contribution in [2.75, 3.05) is 0 Å². The molecule has 2 rings (SSSR count). The monoisotopic (exact) mass is 255 g/mol. The van der Waals surface area contributed by atoms with Crippen molar-refractivity contribution in [3.63, 3.8) is 0 Å². The van der Waals surface area contributed by atoms with Gasteiger partial charge in [0.25, 0.3) is 0 Å². The molecule has 0 N–H and O–H groups in total. The highest BCUT2D eigenvalue weighted by Gasteiger charge is 1.95. The Morgan fingerprint density at radius 1 is 0.867 bits per heavy atom. The molecule has 0 bridgehead atoms. The molecule has 0 saturated carbocycles. The summed E-state index contributed by atoms with van der Waals surface area (Å²) in [5.41, 5.74) is 3.41. The fourth-order valence-electron chi connectivity index (χ4n) is 1.38. The maximum Gasteiger partial charge on any atom is 0.0254 e. The standard InChI is InChI=1S/C14H8Br/c15-11-10-12-6-8-14(9-7-12)13-4-2-1-3-5-13/h2-9H. The van der Waals surface area contributed by atoms with Crippen molar-refractivity contribution in [3.05, 3.63) is 60.2 Å². The molecule has 0 aliphatic rings. The van der Waals surface area contributed by atoms with Gasteiger partial charge in [0.15, 0.2) is 0 Å². The van der Waals surface area contributed by atoms with Crippen LogP contribution >= 0.6 is 15.9 Å². The van der Waals surface area contributed by atoms with Gasteiger partial charge in [0.1, 0.15) is 0 Å². The smallest absolute Gasteiger partial charge is 0.0254 e. The molecule has 0 aliphatic heterocycles. The first-order chi connectivity index (χ1) is 7.40. The Bertz CT molecular complexity index is 486. The lowest BCUT2D eigenvalue weighted by Crippen LogP contribution is -1.78. The van der Waals surface area contributed by atoms with Gasteiger partial charge in [0.2, 0.25) is 0 Å². The first-order valence-corrected chi connectivity index (χ1v) is 5.37. The van der Waals surface area contributed by atoms with E-state index in [-0.39, 0.29) is 0 Å². The van der Waals surface area contributed by atoms with Gasteiger partial charge in [-0.25, -0.2) is 0 Å². The van der Waals surface area contributed by atoms with Crippen molar-refractivity contribution in [2.24, 2.45) is 0 Å². The third-order valence-electron chi connectivity index (χ3n) is 2.13. The minimum absolute atomic E-state index is 1.01. The Kier molecular flexibility index (Phi) is 3.22. The molecule has 0 aliphatic carbocycles. The highest BCUT2D eigenvalue weighted by Crippen LogP contribution is 2.18. The Morgan fingerprint density at radius 2 is 1.47 bits per heavy atom. The summed E-state index contributed by atoms with van der Waals surface area (Å²) in [6, 6.07) is 19.1. The zero-order valence-electron chi connectivity index (χ0n) is 8.00. The number of benzene rings is 2. The van der Waals surface area contributed by atoms with Crippen LogP contribution in [0.25, 0.3) is 11.1 Å². The number of halogens is 1. The summed E-state index contributed by atoms with van der Waals surface area (Å²) in [5, 5.41) is 0.